The summed E-state index contributed by atoms with van der Waals surface area (Å²) in [5, 5.41) is 0.912. The molecular formula is C26H30ClN3O5S. The van der Waals surface area contributed by atoms with E-state index in [1.165, 1.54) is 0 Å². The molecule has 3 aromatic rings. The molecule has 1 saturated heterocycles. The molecule has 8 nitrogen and oxygen atoms in total. The summed E-state index contributed by atoms with van der Waals surface area (Å²) >= 11 is 6.03. The van der Waals surface area contributed by atoms with Crippen LogP contribution in [0.1, 0.15) is 34.1 Å². The third-order valence-electron chi connectivity index (χ3n) is 6.54. The number of hydrogen-bond acceptors (Lipinski definition) is 6. The first kappa shape index (κ1) is 26.3. The summed E-state index contributed by atoms with van der Waals surface area (Å²) < 4.78 is 31.9. The first-order valence-electron chi connectivity index (χ1n) is 11.9. The number of ether oxygens (including phenoxy) is 1. The number of hydrogen-bond donors (Lipinski definition) is 1. The largest absolute Gasteiger partial charge is 0.379 e. The van der Waals surface area contributed by atoms with E-state index >= 15 is 0 Å². The number of rotatable bonds is 9. The number of nitrogens with two attached hydrogens (primary N) is 1. The number of benzene rings is 2. The Morgan fingerprint density at radius 3 is 2.39 bits per heavy atom. The maximum Gasteiger partial charge on any atom is 0.254 e. The minimum atomic E-state index is -3.30. The Bertz CT molecular complexity index is 1430. The van der Waals surface area contributed by atoms with Crippen molar-refractivity contribution in [2.75, 3.05) is 37.8 Å². The van der Waals surface area contributed by atoms with E-state index in [9.17, 15) is 18.0 Å². The topological polar surface area (TPSA) is 112 Å². The van der Waals surface area contributed by atoms with Gasteiger partial charge in [-0.3, -0.25) is 14.5 Å². The molecule has 2 aromatic carbocycles. The fraction of sp³-hybridized carbons (Fsp3) is 0.385. The first-order valence-corrected chi connectivity index (χ1v) is 14.1. The molecule has 0 spiro atoms. The van der Waals surface area contributed by atoms with Crippen LogP contribution >= 0.6 is 11.6 Å². The number of nitrogens with zero attached hydrogens (tertiary/aromatic N) is 2. The molecule has 1 aromatic heterocycles. The second-order valence-corrected chi connectivity index (χ2v) is 11.9. The van der Waals surface area contributed by atoms with Gasteiger partial charge in [-0.1, -0.05) is 36.7 Å². The first-order chi connectivity index (χ1) is 17.2. The second-order valence-electron chi connectivity index (χ2n) is 8.95. The zero-order valence-electron chi connectivity index (χ0n) is 20.2. The average Bonchev–Trinajstić information content (AvgIpc) is 2.86. The standard InChI is InChI=1S/C26H30ClN3O5S/c1-2-36(33,34)14-11-30-22-8-5-19(17-29-9-12-35-13-10-29)15-21(22)25(31)24(26(28)32)23(30)16-18-3-6-20(27)7-4-18/h3-8,15H,2,9-14,16-17H2,1H3,(H2,28,32). The van der Waals surface area contributed by atoms with Crippen LogP contribution in [0.15, 0.2) is 47.3 Å². The van der Waals surface area contributed by atoms with Crippen LogP contribution in [-0.4, -0.2) is 61.6 Å². The Morgan fingerprint density at radius 2 is 1.75 bits per heavy atom. The molecule has 0 atom stereocenters. The number of fused-ring (bicyclic) bond motifs is 1. The molecule has 192 valence electrons. The van der Waals surface area contributed by atoms with E-state index in [2.05, 4.69) is 4.90 Å². The molecule has 1 amide bonds. The molecule has 0 unspecified atom stereocenters. The van der Waals surface area contributed by atoms with E-state index in [1.54, 1.807) is 41.8 Å². The van der Waals surface area contributed by atoms with Gasteiger partial charge in [-0.25, -0.2) is 8.42 Å². The molecule has 1 aliphatic rings. The van der Waals surface area contributed by atoms with Crippen LogP contribution < -0.4 is 11.2 Å². The number of aromatic nitrogens is 1. The molecule has 1 fully saturated rings. The maximum atomic E-state index is 13.6. The summed E-state index contributed by atoms with van der Waals surface area (Å²) in [5.41, 5.74) is 7.89. The average molecular weight is 532 g/mol. The van der Waals surface area contributed by atoms with Gasteiger partial charge in [0.15, 0.2) is 9.84 Å². The van der Waals surface area contributed by atoms with Crippen molar-refractivity contribution in [3.05, 3.63) is 80.1 Å². The summed E-state index contributed by atoms with van der Waals surface area (Å²) in [7, 11) is -3.30. The van der Waals surface area contributed by atoms with E-state index in [4.69, 9.17) is 22.1 Å². The van der Waals surface area contributed by atoms with Gasteiger partial charge in [-0.05, 0) is 35.4 Å². The number of sulfone groups is 1. The predicted molar refractivity (Wildman–Crippen MR) is 141 cm³/mol. The fourth-order valence-corrected chi connectivity index (χ4v) is 5.40. The number of aryl methyl sites for hydroxylation is 1. The lowest BCUT2D eigenvalue weighted by atomic mass is 9.99. The van der Waals surface area contributed by atoms with Crippen LogP contribution in [0, 0.1) is 0 Å². The van der Waals surface area contributed by atoms with Crippen LogP contribution in [0.4, 0.5) is 0 Å². The predicted octanol–water partition coefficient (Wildman–Crippen LogP) is 2.61. The summed E-state index contributed by atoms with van der Waals surface area (Å²) in [6.07, 6.45) is 0.225. The zero-order valence-corrected chi connectivity index (χ0v) is 21.8. The monoisotopic (exact) mass is 531 g/mol. The van der Waals surface area contributed by atoms with Crippen LogP contribution in [0.25, 0.3) is 10.9 Å². The number of amides is 1. The quantitative estimate of drug-likeness (QED) is 0.454. The van der Waals surface area contributed by atoms with Gasteiger partial charge in [0.25, 0.3) is 5.91 Å². The van der Waals surface area contributed by atoms with Crippen molar-refractivity contribution in [1.82, 2.24) is 9.47 Å². The second kappa shape index (κ2) is 11.1. The summed E-state index contributed by atoms with van der Waals surface area (Å²) in [4.78, 5) is 28.4. The fourth-order valence-electron chi connectivity index (χ4n) is 4.53. The van der Waals surface area contributed by atoms with Gasteiger partial charge in [-0.2, -0.15) is 0 Å². The maximum absolute atomic E-state index is 13.6. The molecule has 4 rings (SSSR count). The molecule has 0 aliphatic carbocycles. The number of primary amides is 1. The van der Waals surface area contributed by atoms with Gasteiger partial charge in [0.05, 0.1) is 24.5 Å². The Kier molecular flexibility index (Phi) is 8.14. The molecule has 1 aliphatic heterocycles. The normalized spacial score (nSPS) is 14.8. The van der Waals surface area contributed by atoms with Crippen LogP contribution in [-0.2, 0) is 34.1 Å². The smallest absolute Gasteiger partial charge is 0.254 e. The van der Waals surface area contributed by atoms with Gasteiger partial charge in [-0.15, -0.1) is 0 Å². The van der Waals surface area contributed by atoms with E-state index in [0.717, 1.165) is 24.2 Å². The van der Waals surface area contributed by atoms with Crippen molar-refractivity contribution in [3.8, 4) is 0 Å². The minimum absolute atomic E-state index is 0.00399. The van der Waals surface area contributed by atoms with E-state index in [0.29, 0.717) is 41.4 Å². The molecular weight excluding hydrogens is 502 g/mol. The highest BCUT2D eigenvalue weighted by molar-refractivity contribution is 7.91. The number of halogens is 1. The van der Waals surface area contributed by atoms with E-state index in [1.807, 2.05) is 12.1 Å². The Hall–Kier alpha value is -2.72. The van der Waals surface area contributed by atoms with Gasteiger partial charge in [0, 0.05) is 54.5 Å². The van der Waals surface area contributed by atoms with E-state index < -0.39 is 21.2 Å². The van der Waals surface area contributed by atoms with Crippen molar-refractivity contribution in [2.45, 2.75) is 26.4 Å². The molecule has 0 saturated carbocycles. The zero-order chi connectivity index (χ0) is 25.9. The third kappa shape index (κ3) is 5.98. The van der Waals surface area contributed by atoms with Gasteiger partial charge >= 0.3 is 0 Å². The summed E-state index contributed by atoms with van der Waals surface area (Å²) in [5.74, 6) is -0.955. The lowest BCUT2D eigenvalue weighted by Crippen LogP contribution is -2.35. The lowest BCUT2D eigenvalue weighted by Gasteiger charge is -2.27. The van der Waals surface area contributed by atoms with Gasteiger partial charge in [0.1, 0.15) is 5.56 Å². The highest BCUT2D eigenvalue weighted by Gasteiger charge is 2.23. The van der Waals surface area contributed by atoms with Crippen molar-refractivity contribution in [3.63, 3.8) is 0 Å². The summed E-state index contributed by atoms with van der Waals surface area (Å²) in [6, 6.07) is 12.6. The molecule has 10 heteroatoms. The highest BCUT2D eigenvalue weighted by atomic mass is 35.5. The number of morpholine rings is 1. The van der Waals surface area contributed by atoms with Crippen molar-refractivity contribution >= 4 is 38.2 Å². The van der Waals surface area contributed by atoms with Crippen molar-refractivity contribution in [2.24, 2.45) is 5.73 Å². The van der Waals surface area contributed by atoms with Crippen molar-refractivity contribution < 1.29 is 17.9 Å². The highest BCUT2D eigenvalue weighted by Crippen LogP contribution is 2.23. The number of pyridine rings is 1. The van der Waals surface area contributed by atoms with E-state index in [-0.39, 0.29) is 30.0 Å². The van der Waals surface area contributed by atoms with Crippen LogP contribution in [0.2, 0.25) is 5.02 Å². The Morgan fingerprint density at radius 1 is 1.08 bits per heavy atom. The molecule has 2 heterocycles. The van der Waals surface area contributed by atoms with Gasteiger partial charge in [0.2, 0.25) is 5.43 Å². The molecule has 0 radical (unpaired) electrons. The number of carbonyl (C=O) groups excluding carboxylic acids is 1. The summed E-state index contributed by atoms with van der Waals surface area (Å²) in [6.45, 7) is 5.24. The van der Waals surface area contributed by atoms with Crippen molar-refractivity contribution in [1.29, 1.82) is 0 Å². The Balaban J connectivity index is 1.87. The van der Waals surface area contributed by atoms with Crippen LogP contribution in [0.3, 0.4) is 0 Å². The Labute approximate surface area is 215 Å². The lowest BCUT2D eigenvalue weighted by molar-refractivity contribution is 0.0342. The third-order valence-corrected chi connectivity index (χ3v) is 8.48. The van der Waals surface area contributed by atoms with Crippen LogP contribution in [0.5, 0.6) is 0 Å². The molecule has 0 bridgehead atoms. The molecule has 36 heavy (non-hydrogen) atoms. The van der Waals surface area contributed by atoms with Gasteiger partial charge < -0.3 is 15.0 Å². The minimum Gasteiger partial charge on any atom is -0.379 e. The SMILES string of the molecule is CCS(=O)(=O)CCn1c(Cc2ccc(Cl)cc2)c(C(N)=O)c(=O)c2cc(CN3CCOCC3)ccc21. The number of carbonyl (C=O) groups is 1. The molecule has 2 N–H and O–H groups in total.